The minimum atomic E-state index is -0.289. The molecular weight excluding hydrogens is 312 g/mol. The Kier molecular flexibility index (Phi) is 4.47. The number of hydrazone groups is 1. The lowest BCUT2D eigenvalue weighted by atomic mass is 10.2. The molecule has 0 spiro atoms. The van der Waals surface area contributed by atoms with Crippen LogP contribution in [0.2, 0.25) is 0 Å². The summed E-state index contributed by atoms with van der Waals surface area (Å²) in [5.41, 5.74) is 4.65. The molecule has 2 N–H and O–H groups in total. The van der Waals surface area contributed by atoms with Crippen molar-refractivity contribution in [3.63, 3.8) is 0 Å². The molecule has 0 unspecified atom stereocenters. The van der Waals surface area contributed by atoms with Crippen molar-refractivity contribution in [1.29, 1.82) is 0 Å². The highest BCUT2D eigenvalue weighted by Crippen LogP contribution is 2.23. The van der Waals surface area contributed by atoms with Crippen molar-refractivity contribution in [1.82, 2.24) is 15.4 Å². The van der Waals surface area contributed by atoms with Gasteiger partial charge < -0.3 is 9.40 Å². The number of thioether (sulfide) groups is 1. The number of carbonyl (C=O) groups excluding carboxylic acids is 1. The molecular formula is C16H16N4O2S. The zero-order chi connectivity index (χ0) is 16.2. The van der Waals surface area contributed by atoms with Gasteiger partial charge in [0.1, 0.15) is 5.76 Å². The number of imidazole rings is 1. The SMILES string of the molecule is CC(C)Sc1nc2ccc(C(=O)N/N=C\c3ccco3)cc2[nH]1. The largest absolute Gasteiger partial charge is 0.463 e. The van der Waals surface area contributed by atoms with Gasteiger partial charge in [0.2, 0.25) is 0 Å². The van der Waals surface area contributed by atoms with Crippen molar-refractivity contribution in [3.05, 3.63) is 47.9 Å². The van der Waals surface area contributed by atoms with Crippen LogP contribution in [-0.4, -0.2) is 27.3 Å². The average Bonchev–Trinajstić information content (AvgIpc) is 3.14. The van der Waals surface area contributed by atoms with Crippen molar-refractivity contribution >= 4 is 34.9 Å². The van der Waals surface area contributed by atoms with E-state index in [9.17, 15) is 4.79 Å². The summed E-state index contributed by atoms with van der Waals surface area (Å²) in [6.45, 7) is 4.21. The first-order valence-electron chi connectivity index (χ1n) is 7.15. The molecule has 2 heterocycles. The highest BCUT2D eigenvalue weighted by molar-refractivity contribution is 7.99. The summed E-state index contributed by atoms with van der Waals surface area (Å²) in [6, 6.07) is 8.82. The molecule has 3 rings (SSSR count). The van der Waals surface area contributed by atoms with Crippen LogP contribution in [0.15, 0.2) is 51.3 Å². The van der Waals surface area contributed by atoms with Gasteiger partial charge in [-0.2, -0.15) is 5.10 Å². The number of carbonyl (C=O) groups is 1. The second-order valence-electron chi connectivity index (χ2n) is 5.16. The fraction of sp³-hybridized carbons (Fsp3) is 0.188. The summed E-state index contributed by atoms with van der Waals surface area (Å²) in [5, 5.41) is 5.16. The predicted molar refractivity (Wildman–Crippen MR) is 90.9 cm³/mol. The van der Waals surface area contributed by atoms with Crippen LogP contribution >= 0.6 is 11.8 Å². The molecule has 0 atom stereocenters. The molecule has 0 fully saturated rings. The van der Waals surface area contributed by atoms with Gasteiger partial charge in [0.25, 0.3) is 5.91 Å². The summed E-state index contributed by atoms with van der Waals surface area (Å²) in [7, 11) is 0. The molecule has 23 heavy (non-hydrogen) atoms. The zero-order valence-corrected chi connectivity index (χ0v) is 13.6. The Bertz CT molecular complexity index is 837. The molecule has 1 amide bonds. The number of H-pyrrole nitrogens is 1. The maximum Gasteiger partial charge on any atom is 0.271 e. The van der Waals surface area contributed by atoms with Gasteiger partial charge >= 0.3 is 0 Å². The molecule has 0 aliphatic heterocycles. The minimum absolute atomic E-state index is 0.289. The van der Waals surface area contributed by atoms with Crippen LogP contribution in [0.25, 0.3) is 11.0 Å². The van der Waals surface area contributed by atoms with Crippen molar-refractivity contribution in [3.8, 4) is 0 Å². The van der Waals surface area contributed by atoms with Crippen LogP contribution in [0, 0.1) is 0 Å². The monoisotopic (exact) mass is 328 g/mol. The lowest BCUT2D eigenvalue weighted by molar-refractivity contribution is 0.0955. The Balaban J connectivity index is 1.72. The van der Waals surface area contributed by atoms with Crippen LogP contribution in [-0.2, 0) is 0 Å². The molecule has 2 aromatic heterocycles. The van der Waals surface area contributed by atoms with E-state index in [1.54, 1.807) is 42.3 Å². The number of aromatic amines is 1. The lowest BCUT2D eigenvalue weighted by Crippen LogP contribution is -2.17. The number of aromatic nitrogens is 2. The van der Waals surface area contributed by atoms with Gasteiger partial charge in [-0.05, 0) is 30.3 Å². The van der Waals surface area contributed by atoms with Crippen molar-refractivity contribution in [2.75, 3.05) is 0 Å². The average molecular weight is 328 g/mol. The summed E-state index contributed by atoms with van der Waals surface area (Å²) in [4.78, 5) is 19.8. The van der Waals surface area contributed by atoms with E-state index in [0.717, 1.165) is 16.2 Å². The lowest BCUT2D eigenvalue weighted by Gasteiger charge is -1.99. The first-order chi connectivity index (χ1) is 11.1. The number of benzene rings is 1. The minimum Gasteiger partial charge on any atom is -0.463 e. The second kappa shape index (κ2) is 6.70. The topological polar surface area (TPSA) is 83.3 Å². The molecule has 0 aliphatic carbocycles. The first-order valence-corrected chi connectivity index (χ1v) is 8.03. The highest BCUT2D eigenvalue weighted by atomic mass is 32.2. The fourth-order valence-electron chi connectivity index (χ4n) is 1.99. The van der Waals surface area contributed by atoms with Crippen molar-refractivity contribution in [2.24, 2.45) is 5.10 Å². The number of furan rings is 1. The van der Waals surface area contributed by atoms with Crippen LogP contribution < -0.4 is 5.43 Å². The molecule has 6 nitrogen and oxygen atoms in total. The van der Waals surface area contributed by atoms with E-state index in [1.807, 2.05) is 6.07 Å². The number of hydrogen-bond acceptors (Lipinski definition) is 5. The Morgan fingerprint density at radius 3 is 3.04 bits per heavy atom. The number of rotatable bonds is 5. The summed E-state index contributed by atoms with van der Waals surface area (Å²) in [5.74, 6) is 0.284. The third-order valence-corrected chi connectivity index (χ3v) is 3.86. The number of fused-ring (bicyclic) bond motifs is 1. The van der Waals surface area contributed by atoms with Gasteiger partial charge in [0.15, 0.2) is 5.16 Å². The molecule has 0 bridgehead atoms. The van der Waals surface area contributed by atoms with E-state index in [-0.39, 0.29) is 5.91 Å². The van der Waals surface area contributed by atoms with E-state index in [1.165, 1.54) is 6.21 Å². The predicted octanol–water partition coefficient (Wildman–Crippen LogP) is 3.42. The molecule has 1 aromatic carbocycles. The first kappa shape index (κ1) is 15.4. The Morgan fingerprint density at radius 2 is 2.30 bits per heavy atom. The van der Waals surface area contributed by atoms with E-state index >= 15 is 0 Å². The van der Waals surface area contributed by atoms with Gasteiger partial charge in [0, 0.05) is 10.8 Å². The highest BCUT2D eigenvalue weighted by Gasteiger charge is 2.09. The summed E-state index contributed by atoms with van der Waals surface area (Å²) < 4.78 is 5.10. The van der Waals surface area contributed by atoms with E-state index < -0.39 is 0 Å². The van der Waals surface area contributed by atoms with Crippen molar-refractivity contribution < 1.29 is 9.21 Å². The maximum atomic E-state index is 12.1. The van der Waals surface area contributed by atoms with Crippen LogP contribution in [0.3, 0.4) is 0 Å². The van der Waals surface area contributed by atoms with Gasteiger partial charge in [-0.15, -0.1) is 0 Å². The molecule has 0 radical (unpaired) electrons. The zero-order valence-electron chi connectivity index (χ0n) is 12.7. The summed E-state index contributed by atoms with van der Waals surface area (Å²) in [6.07, 6.45) is 2.99. The van der Waals surface area contributed by atoms with Gasteiger partial charge in [-0.1, -0.05) is 25.6 Å². The van der Waals surface area contributed by atoms with E-state index in [2.05, 4.69) is 34.3 Å². The Hall–Kier alpha value is -2.54. The third kappa shape index (κ3) is 3.81. The molecule has 0 saturated heterocycles. The smallest absolute Gasteiger partial charge is 0.271 e. The molecule has 7 heteroatoms. The molecule has 0 aliphatic rings. The standard InChI is InChI=1S/C16H16N4O2S/c1-10(2)23-16-18-13-6-5-11(8-14(13)19-16)15(21)20-17-9-12-4-3-7-22-12/h3-10H,1-2H3,(H,18,19)(H,20,21)/b17-9-. The van der Waals surface area contributed by atoms with E-state index in [4.69, 9.17) is 4.42 Å². The molecule has 0 saturated carbocycles. The van der Waals surface area contributed by atoms with Gasteiger partial charge in [-0.25, -0.2) is 10.4 Å². The van der Waals surface area contributed by atoms with Crippen LogP contribution in [0.4, 0.5) is 0 Å². The Labute approximate surface area is 137 Å². The van der Waals surface area contributed by atoms with E-state index in [0.29, 0.717) is 16.6 Å². The second-order valence-corrected chi connectivity index (χ2v) is 6.72. The molecule has 118 valence electrons. The summed E-state index contributed by atoms with van der Waals surface area (Å²) >= 11 is 1.65. The number of amides is 1. The number of hydrogen-bond donors (Lipinski definition) is 2. The van der Waals surface area contributed by atoms with Crippen molar-refractivity contribution in [2.45, 2.75) is 24.3 Å². The molecule has 3 aromatic rings. The third-order valence-electron chi connectivity index (χ3n) is 2.97. The Morgan fingerprint density at radius 1 is 1.43 bits per heavy atom. The quantitative estimate of drug-likeness (QED) is 0.427. The normalized spacial score (nSPS) is 11.6. The number of nitrogens with one attached hydrogen (secondary N) is 2. The van der Waals surface area contributed by atoms with Crippen LogP contribution in [0.5, 0.6) is 0 Å². The van der Waals surface area contributed by atoms with Crippen LogP contribution in [0.1, 0.15) is 30.0 Å². The van der Waals surface area contributed by atoms with Gasteiger partial charge in [0.05, 0.1) is 23.5 Å². The maximum absolute atomic E-state index is 12.1. The van der Waals surface area contributed by atoms with Gasteiger partial charge in [-0.3, -0.25) is 4.79 Å². The fourth-order valence-corrected chi connectivity index (χ4v) is 2.76. The number of nitrogens with zero attached hydrogens (tertiary/aromatic N) is 2.